The summed E-state index contributed by atoms with van der Waals surface area (Å²) >= 11 is 6.15. The lowest BCUT2D eigenvalue weighted by Crippen LogP contribution is -2.49. The number of nitro groups is 1. The van der Waals surface area contributed by atoms with Gasteiger partial charge in [-0.15, -0.1) is 0 Å². The Bertz CT molecular complexity index is 775. The van der Waals surface area contributed by atoms with Gasteiger partial charge < -0.3 is 9.80 Å². The summed E-state index contributed by atoms with van der Waals surface area (Å²) < 4.78 is 0. The summed E-state index contributed by atoms with van der Waals surface area (Å²) in [5.41, 5.74) is 0.837. The van der Waals surface area contributed by atoms with Crippen molar-refractivity contribution in [3.63, 3.8) is 0 Å². The molecule has 1 aromatic heterocycles. The maximum atomic E-state index is 12.6. The highest BCUT2D eigenvalue weighted by Gasteiger charge is 2.27. The van der Waals surface area contributed by atoms with Crippen molar-refractivity contribution < 1.29 is 9.72 Å². The predicted molar refractivity (Wildman–Crippen MR) is 90.5 cm³/mol. The summed E-state index contributed by atoms with van der Waals surface area (Å²) in [7, 11) is 0. The Morgan fingerprint density at radius 2 is 1.88 bits per heavy atom. The van der Waals surface area contributed by atoms with Crippen LogP contribution in [-0.4, -0.2) is 46.9 Å². The van der Waals surface area contributed by atoms with Crippen molar-refractivity contribution in [3.8, 4) is 0 Å². The van der Waals surface area contributed by atoms with Gasteiger partial charge in [-0.3, -0.25) is 19.9 Å². The minimum Gasteiger partial charge on any atom is -0.367 e. The lowest BCUT2D eigenvalue weighted by molar-refractivity contribution is -0.385. The van der Waals surface area contributed by atoms with Crippen molar-refractivity contribution in [2.45, 2.75) is 0 Å². The number of nitro benzene ring substituents is 1. The molecule has 2 aromatic rings. The third-order valence-electron chi connectivity index (χ3n) is 3.99. The van der Waals surface area contributed by atoms with E-state index in [1.54, 1.807) is 29.4 Å². The molecule has 0 bridgehead atoms. The van der Waals surface area contributed by atoms with Crippen LogP contribution in [0.2, 0.25) is 5.02 Å². The maximum Gasteiger partial charge on any atom is 0.282 e. The van der Waals surface area contributed by atoms with Gasteiger partial charge in [0.15, 0.2) is 0 Å². The molecule has 124 valence electrons. The first-order chi connectivity index (χ1) is 11.6. The molecule has 1 saturated heterocycles. The summed E-state index contributed by atoms with van der Waals surface area (Å²) in [6.07, 6.45) is 3.26. The van der Waals surface area contributed by atoms with Gasteiger partial charge >= 0.3 is 0 Å². The van der Waals surface area contributed by atoms with Crippen LogP contribution in [0, 0.1) is 10.1 Å². The zero-order valence-corrected chi connectivity index (χ0v) is 13.5. The van der Waals surface area contributed by atoms with Crippen LogP contribution in [0.25, 0.3) is 0 Å². The molecule has 8 heteroatoms. The molecule has 1 aromatic carbocycles. The lowest BCUT2D eigenvalue weighted by atomic mass is 10.1. The molecule has 0 atom stereocenters. The number of carbonyl (C=O) groups is 1. The first kappa shape index (κ1) is 16.2. The van der Waals surface area contributed by atoms with Gasteiger partial charge in [-0.1, -0.05) is 23.7 Å². The molecule has 1 amide bonds. The number of nitrogens with zero attached hydrogens (tertiary/aromatic N) is 4. The molecular formula is C16H15ClN4O3. The van der Waals surface area contributed by atoms with Crippen molar-refractivity contribution in [2.75, 3.05) is 31.1 Å². The number of hydrogen-bond acceptors (Lipinski definition) is 5. The second kappa shape index (κ2) is 6.84. The van der Waals surface area contributed by atoms with E-state index in [1.807, 2.05) is 6.07 Å². The van der Waals surface area contributed by atoms with Crippen LogP contribution in [-0.2, 0) is 0 Å². The Hall–Kier alpha value is -2.67. The van der Waals surface area contributed by atoms with E-state index in [0.29, 0.717) is 31.2 Å². The standard InChI is InChI=1S/C16H15ClN4O3/c17-13-11-18-6-5-15(13)19-7-9-20(10-8-19)16(22)12-3-1-2-4-14(12)21(23)24/h1-6,11H,7-10H2. The summed E-state index contributed by atoms with van der Waals surface area (Å²) in [5.74, 6) is -0.317. The molecule has 3 rings (SSSR count). The molecular weight excluding hydrogens is 332 g/mol. The fraction of sp³-hybridized carbons (Fsp3) is 0.250. The number of benzene rings is 1. The quantitative estimate of drug-likeness (QED) is 0.630. The number of anilines is 1. The van der Waals surface area contributed by atoms with Gasteiger partial charge in [0, 0.05) is 44.6 Å². The average Bonchev–Trinajstić information content (AvgIpc) is 2.62. The van der Waals surface area contributed by atoms with Gasteiger partial charge in [0.2, 0.25) is 0 Å². The fourth-order valence-corrected chi connectivity index (χ4v) is 3.00. The molecule has 1 fully saturated rings. The van der Waals surface area contributed by atoms with Crippen molar-refractivity contribution >= 4 is 28.9 Å². The van der Waals surface area contributed by atoms with Crippen LogP contribution in [0.4, 0.5) is 11.4 Å². The van der Waals surface area contributed by atoms with Gasteiger partial charge in [0.25, 0.3) is 11.6 Å². The second-order valence-corrected chi connectivity index (χ2v) is 5.79. The minimum atomic E-state index is -0.528. The first-order valence-corrected chi connectivity index (χ1v) is 7.83. The van der Waals surface area contributed by atoms with E-state index in [4.69, 9.17) is 11.6 Å². The highest BCUT2D eigenvalue weighted by Crippen LogP contribution is 2.26. The average molecular weight is 347 g/mol. The Labute approximate surface area is 143 Å². The number of rotatable bonds is 3. The molecule has 2 heterocycles. The Morgan fingerprint density at radius 1 is 1.17 bits per heavy atom. The molecule has 1 aliphatic rings. The van der Waals surface area contributed by atoms with Gasteiger partial charge in [-0.05, 0) is 12.1 Å². The van der Waals surface area contributed by atoms with Gasteiger partial charge in [-0.2, -0.15) is 0 Å². The van der Waals surface area contributed by atoms with Crippen LogP contribution in [0.5, 0.6) is 0 Å². The van der Waals surface area contributed by atoms with Gasteiger partial charge in [0.1, 0.15) is 5.56 Å². The number of amides is 1. The van der Waals surface area contributed by atoms with Crippen molar-refractivity contribution in [2.24, 2.45) is 0 Å². The Morgan fingerprint density at radius 3 is 2.54 bits per heavy atom. The molecule has 0 N–H and O–H groups in total. The number of carbonyl (C=O) groups excluding carboxylic acids is 1. The van der Waals surface area contributed by atoms with E-state index in [1.165, 1.54) is 12.1 Å². The molecule has 7 nitrogen and oxygen atoms in total. The number of hydrogen-bond donors (Lipinski definition) is 0. The zero-order chi connectivity index (χ0) is 17.1. The largest absolute Gasteiger partial charge is 0.367 e. The van der Waals surface area contributed by atoms with Crippen LogP contribution < -0.4 is 4.90 Å². The zero-order valence-electron chi connectivity index (χ0n) is 12.8. The second-order valence-electron chi connectivity index (χ2n) is 5.38. The van der Waals surface area contributed by atoms with Crippen molar-refractivity contribution in [1.82, 2.24) is 9.88 Å². The number of para-hydroxylation sites is 1. The van der Waals surface area contributed by atoms with Crippen LogP contribution in [0.1, 0.15) is 10.4 Å². The summed E-state index contributed by atoms with van der Waals surface area (Å²) in [4.78, 5) is 30.8. The maximum absolute atomic E-state index is 12.6. The lowest BCUT2D eigenvalue weighted by Gasteiger charge is -2.36. The number of aromatic nitrogens is 1. The summed E-state index contributed by atoms with van der Waals surface area (Å²) in [5, 5.41) is 11.7. The predicted octanol–water partition coefficient (Wildman–Crippen LogP) is 2.61. The molecule has 1 aliphatic heterocycles. The monoisotopic (exact) mass is 346 g/mol. The van der Waals surface area contributed by atoms with E-state index >= 15 is 0 Å². The molecule has 0 unspecified atom stereocenters. The van der Waals surface area contributed by atoms with E-state index in [-0.39, 0.29) is 17.2 Å². The van der Waals surface area contributed by atoms with Gasteiger partial charge in [-0.25, -0.2) is 0 Å². The van der Waals surface area contributed by atoms with Crippen LogP contribution in [0.3, 0.4) is 0 Å². The van der Waals surface area contributed by atoms with Crippen LogP contribution in [0.15, 0.2) is 42.7 Å². The normalized spacial score (nSPS) is 14.5. The first-order valence-electron chi connectivity index (χ1n) is 7.45. The Kier molecular flexibility index (Phi) is 4.61. The number of pyridine rings is 1. The summed E-state index contributed by atoms with van der Waals surface area (Å²) in [6, 6.07) is 7.86. The minimum absolute atomic E-state index is 0.123. The molecule has 24 heavy (non-hydrogen) atoms. The van der Waals surface area contributed by atoms with Gasteiger partial charge in [0.05, 0.1) is 15.6 Å². The van der Waals surface area contributed by atoms with E-state index < -0.39 is 4.92 Å². The number of halogens is 1. The summed E-state index contributed by atoms with van der Waals surface area (Å²) in [6.45, 7) is 2.17. The van der Waals surface area contributed by atoms with E-state index in [9.17, 15) is 14.9 Å². The van der Waals surface area contributed by atoms with Crippen LogP contribution >= 0.6 is 11.6 Å². The van der Waals surface area contributed by atoms with Crippen molar-refractivity contribution in [3.05, 3.63) is 63.4 Å². The SMILES string of the molecule is O=C(c1ccccc1[N+](=O)[O-])N1CCN(c2ccncc2Cl)CC1. The molecule has 0 radical (unpaired) electrons. The van der Waals surface area contributed by atoms with E-state index in [0.717, 1.165) is 5.69 Å². The smallest absolute Gasteiger partial charge is 0.282 e. The van der Waals surface area contributed by atoms with Crippen molar-refractivity contribution in [1.29, 1.82) is 0 Å². The third kappa shape index (κ3) is 3.16. The fourth-order valence-electron chi connectivity index (χ4n) is 2.76. The molecule has 0 spiro atoms. The third-order valence-corrected chi connectivity index (χ3v) is 4.28. The Balaban J connectivity index is 1.72. The van der Waals surface area contributed by atoms with E-state index in [2.05, 4.69) is 9.88 Å². The highest BCUT2D eigenvalue weighted by atomic mass is 35.5. The molecule has 0 saturated carbocycles. The topological polar surface area (TPSA) is 79.6 Å². The molecule has 0 aliphatic carbocycles. The highest BCUT2D eigenvalue weighted by molar-refractivity contribution is 6.33. The number of piperazine rings is 1.